The largest absolute Gasteiger partial charge is 0.282 e. The molecule has 0 aliphatic heterocycles. The van der Waals surface area contributed by atoms with Crippen LogP contribution in [0.2, 0.25) is 0 Å². The maximum absolute atomic E-state index is 14.3. The zero-order valence-corrected chi connectivity index (χ0v) is 15.9. The van der Waals surface area contributed by atoms with Gasteiger partial charge in [0.1, 0.15) is 22.2 Å². The van der Waals surface area contributed by atoms with E-state index in [2.05, 4.69) is 5.10 Å². The first-order valence-corrected chi connectivity index (χ1v) is 10.0. The Balaban J connectivity index is 2.27. The Labute approximate surface area is 163 Å². The molecule has 10 heteroatoms. The van der Waals surface area contributed by atoms with Crippen molar-refractivity contribution in [1.29, 1.82) is 5.26 Å². The highest BCUT2D eigenvalue weighted by Gasteiger charge is 2.24. The van der Waals surface area contributed by atoms with Crippen LogP contribution in [0.25, 0.3) is 16.9 Å². The lowest BCUT2D eigenvalue weighted by molar-refractivity contribution is 0.145. The Morgan fingerprint density at radius 2 is 1.72 bits per heavy atom. The summed E-state index contributed by atoms with van der Waals surface area (Å²) in [6.07, 6.45) is -2.31. The first kappa shape index (κ1) is 20.5. The second-order valence-corrected chi connectivity index (χ2v) is 8.27. The van der Waals surface area contributed by atoms with Crippen molar-refractivity contribution >= 4 is 9.84 Å². The summed E-state index contributed by atoms with van der Waals surface area (Å²) in [6, 6.07) is 9.00. The molecule has 0 saturated carbocycles. The number of alkyl halides is 2. The van der Waals surface area contributed by atoms with Crippen LogP contribution in [-0.4, -0.2) is 24.5 Å². The predicted molar refractivity (Wildman–Crippen MR) is 96.4 cm³/mol. The molecule has 2 aromatic carbocycles. The van der Waals surface area contributed by atoms with E-state index in [0.29, 0.717) is 35.1 Å². The number of nitriles is 1. The van der Waals surface area contributed by atoms with Crippen molar-refractivity contribution in [2.24, 2.45) is 0 Å². The number of halogens is 4. The van der Waals surface area contributed by atoms with Crippen LogP contribution < -0.4 is 0 Å². The molecular formula is C19H13F4N3O2S. The van der Waals surface area contributed by atoms with Crippen molar-refractivity contribution < 1.29 is 26.0 Å². The van der Waals surface area contributed by atoms with Gasteiger partial charge in [0.25, 0.3) is 6.43 Å². The van der Waals surface area contributed by atoms with Crippen LogP contribution in [-0.2, 0) is 9.84 Å². The van der Waals surface area contributed by atoms with Crippen molar-refractivity contribution in [3.63, 3.8) is 0 Å². The van der Waals surface area contributed by atoms with Gasteiger partial charge in [-0.05, 0) is 24.6 Å². The van der Waals surface area contributed by atoms with E-state index in [4.69, 9.17) is 0 Å². The molecule has 0 spiro atoms. The number of hydrogen-bond acceptors (Lipinski definition) is 4. The van der Waals surface area contributed by atoms with Crippen LogP contribution in [0, 0.1) is 29.9 Å². The molecular weight excluding hydrogens is 410 g/mol. The molecule has 0 aliphatic carbocycles. The van der Waals surface area contributed by atoms with E-state index in [0.717, 1.165) is 10.7 Å². The zero-order chi connectivity index (χ0) is 21.5. The minimum Gasteiger partial charge on any atom is -0.232 e. The molecule has 29 heavy (non-hydrogen) atoms. The number of hydrogen-bond donors (Lipinski definition) is 0. The first-order valence-electron chi connectivity index (χ1n) is 8.11. The lowest BCUT2D eigenvalue weighted by Crippen LogP contribution is -2.08. The standard InChI is InChI=1S/C19H13F4N3O2S/c1-10-3-4-11(5-12(10)9-24)17-8-16(19(22)23)25-26(17)13-6-14(20)18(15(21)7-13)29(2,27)28/h3-8,19H,1-2H3. The minimum atomic E-state index is -4.18. The molecule has 3 rings (SSSR count). The van der Waals surface area contributed by atoms with E-state index in [-0.39, 0.29) is 11.4 Å². The number of rotatable bonds is 4. The number of aryl methyl sites for hydroxylation is 1. The molecule has 3 aromatic rings. The van der Waals surface area contributed by atoms with Crippen molar-refractivity contribution in [3.05, 3.63) is 64.9 Å². The van der Waals surface area contributed by atoms with Crippen LogP contribution in [0.15, 0.2) is 41.3 Å². The Kier molecular flexibility index (Phi) is 5.19. The summed E-state index contributed by atoms with van der Waals surface area (Å²) < 4.78 is 79.1. The third-order valence-corrected chi connectivity index (χ3v) is 5.34. The highest BCUT2D eigenvalue weighted by Crippen LogP contribution is 2.31. The smallest absolute Gasteiger partial charge is 0.232 e. The van der Waals surface area contributed by atoms with E-state index < -0.39 is 38.5 Å². The number of nitrogens with zero attached hydrogens (tertiary/aromatic N) is 3. The molecule has 0 amide bonds. The van der Waals surface area contributed by atoms with Gasteiger partial charge in [0.2, 0.25) is 0 Å². The van der Waals surface area contributed by atoms with Gasteiger partial charge in [-0.1, -0.05) is 12.1 Å². The monoisotopic (exact) mass is 423 g/mol. The molecule has 1 aromatic heterocycles. The van der Waals surface area contributed by atoms with Gasteiger partial charge in [-0.15, -0.1) is 0 Å². The summed E-state index contributed by atoms with van der Waals surface area (Å²) in [4.78, 5) is -1.12. The van der Waals surface area contributed by atoms with Crippen molar-refractivity contribution in [3.8, 4) is 23.0 Å². The number of aromatic nitrogens is 2. The quantitative estimate of drug-likeness (QED) is 0.585. The van der Waals surface area contributed by atoms with Crippen molar-refractivity contribution in [2.75, 3.05) is 6.26 Å². The molecule has 0 atom stereocenters. The zero-order valence-electron chi connectivity index (χ0n) is 15.1. The molecule has 0 N–H and O–H groups in total. The van der Waals surface area contributed by atoms with E-state index in [9.17, 15) is 31.2 Å². The molecule has 150 valence electrons. The fourth-order valence-corrected chi connectivity index (χ4v) is 3.66. The molecule has 5 nitrogen and oxygen atoms in total. The van der Waals surface area contributed by atoms with Gasteiger partial charge in [0, 0.05) is 24.0 Å². The SMILES string of the molecule is Cc1ccc(-c2cc(C(F)F)nn2-c2cc(F)c(S(C)(=O)=O)c(F)c2)cc1C#N. The maximum atomic E-state index is 14.3. The Bertz CT molecular complexity index is 1240. The van der Waals surface area contributed by atoms with Gasteiger partial charge in [-0.25, -0.2) is 30.7 Å². The molecule has 0 fully saturated rings. The van der Waals surface area contributed by atoms with E-state index in [1.807, 2.05) is 6.07 Å². The summed E-state index contributed by atoms with van der Waals surface area (Å²) in [6.45, 7) is 1.69. The van der Waals surface area contributed by atoms with Gasteiger partial charge in [-0.2, -0.15) is 10.4 Å². The van der Waals surface area contributed by atoms with Crippen LogP contribution in [0.1, 0.15) is 23.2 Å². The molecule has 0 aliphatic rings. The number of sulfone groups is 1. The van der Waals surface area contributed by atoms with Gasteiger partial charge in [-0.3, -0.25) is 0 Å². The predicted octanol–water partition coefficient (Wildman–Crippen LogP) is 4.34. The first-order chi connectivity index (χ1) is 13.5. The van der Waals surface area contributed by atoms with Crippen molar-refractivity contribution in [2.45, 2.75) is 18.2 Å². The average molecular weight is 423 g/mol. The maximum Gasteiger partial charge on any atom is 0.282 e. The highest BCUT2D eigenvalue weighted by atomic mass is 32.2. The second kappa shape index (κ2) is 7.33. The Morgan fingerprint density at radius 1 is 1.10 bits per heavy atom. The minimum absolute atomic E-state index is 0.0581. The summed E-state index contributed by atoms with van der Waals surface area (Å²) >= 11 is 0. The fourth-order valence-electron chi connectivity index (χ4n) is 2.83. The fraction of sp³-hybridized carbons (Fsp3) is 0.158. The van der Waals surface area contributed by atoms with Crippen LogP contribution in [0.5, 0.6) is 0 Å². The van der Waals surface area contributed by atoms with Crippen LogP contribution in [0.4, 0.5) is 17.6 Å². The van der Waals surface area contributed by atoms with E-state index in [1.165, 1.54) is 6.07 Å². The summed E-state index contributed by atoms with van der Waals surface area (Å²) in [5.41, 5.74) is 0.396. The normalized spacial score (nSPS) is 11.7. The average Bonchev–Trinajstić information content (AvgIpc) is 3.06. The van der Waals surface area contributed by atoms with Crippen LogP contribution in [0.3, 0.4) is 0 Å². The van der Waals surface area contributed by atoms with Gasteiger partial charge < -0.3 is 0 Å². The molecule has 0 saturated heterocycles. The molecule has 0 unspecified atom stereocenters. The van der Waals surface area contributed by atoms with Gasteiger partial charge in [0.15, 0.2) is 9.84 Å². The summed E-state index contributed by atoms with van der Waals surface area (Å²) in [7, 11) is -4.18. The Morgan fingerprint density at radius 3 is 2.24 bits per heavy atom. The lowest BCUT2D eigenvalue weighted by Gasteiger charge is -2.11. The van der Waals surface area contributed by atoms with E-state index in [1.54, 1.807) is 19.1 Å². The van der Waals surface area contributed by atoms with Crippen LogP contribution >= 0.6 is 0 Å². The van der Waals surface area contributed by atoms with Crippen molar-refractivity contribution in [1.82, 2.24) is 9.78 Å². The highest BCUT2D eigenvalue weighted by molar-refractivity contribution is 7.90. The third-order valence-electron chi connectivity index (χ3n) is 4.20. The second-order valence-electron chi connectivity index (χ2n) is 6.32. The summed E-state index contributed by atoms with van der Waals surface area (Å²) in [5.74, 6) is -2.74. The Hall–Kier alpha value is -3.19. The van der Waals surface area contributed by atoms with Gasteiger partial charge in [0.05, 0.1) is 23.0 Å². The summed E-state index contributed by atoms with van der Waals surface area (Å²) in [5, 5.41) is 12.9. The molecule has 1 heterocycles. The number of benzene rings is 2. The molecule has 0 bridgehead atoms. The molecule has 0 radical (unpaired) electrons. The third kappa shape index (κ3) is 3.86. The van der Waals surface area contributed by atoms with E-state index >= 15 is 0 Å². The van der Waals surface area contributed by atoms with Gasteiger partial charge >= 0.3 is 0 Å². The topological polar surface area (TPSA) is 75.8 Å². The lowest BCUT2D eigenvalue weighted by atomic mass is 10.0.